The van der Waals surface area contributed by atoms with Crippen molar-refractivity contribution in [3.8, 4) is 0 Å². The molecule has 10 heavy (non-hydrogen) atoms. The van der Waals surface area contributed by atoms with E-state index < -0.39 is 0 Å². The zero-order chi connectivity index (χ0) is 6.69. The smallest absolute Gasteiger partial charge is 0.0474 e. The van der Waals surface area contributed by atoms with Crippen LogP contribution < -0.4 is 0 Å². The highest BCUT2D eigenvalue weighted by Gasteiger charge is 1.86. The maximum absolute atomic E-state index is 5.58. The molecule has 56 valence electrons. The molecule has 1 aromatic rings. The fraction of sp³-hybridized carbons (Fsp3) is 0.250. The Morgan fingerprint density at radius 1 is 1.20 bits per heavy atom. The van der Waals surface area contributed by atoms with Gasteiger partial charge in [0, 0.05) is 5.88 Å². The van der Waals surface area contributed by atoms with E-state index in [0.29, 0.717) is 5.88 Å². The van der Waals surface area contributed by atoms with Gasteiger partial charge in [-0.05, 0) is 12.5 Å². The van der Waals surface area contributed by atoms with E-state index in [4.69, 9.17) is 11.6 Å². The lowest BCUT2D eigenvalue weighted by molar-refractivity contribution is 1.36. The summed E-state index contributed by atoms with van der Waals surface area (Å²) >= 11 is 5.58. The van der Waals surface area contributed by atoms with Crippen molar-refractivity contribution in [2.45, 2.75) is 12.8 Å². The minimum Gasteiger partial charge on any atom is -0.147 e. The Labute approximate surface area is 72.6 Å². The molecule has 0 fully saturated rings. The van der Waals surface area contributed by atoms with Crippen molar-refractivity contribution < 1.29 is 0 Å². The molecule has 0 aliphatic rings. The van der Waals surface area contributed by atoms with Crippen LogP contribution in [0.1, 0.15) is 11.1 Å². The first kappa shape index (κ1) is 9.80. The lowest BCUT2D eigenvalue weighted by Gasteiger charge is -1.93. The van der Waals surface area contributed by atoms with Gasteiger partial charge in [0.25, 0.3) is 0 Å². The molecule has 0 unspecified atom stereocenters. The van der Waals surface area contributed by atoms with Gasteiger partial charge in [0.15, 0.2) is 0 Å². The Balaban J connectivity index is 0.000000810. The molecule has 0 amide bonds. The summed E-state index contributed by atoms with van der Waals surface area (Å²) < 4.78 is 0. The predicted octanol–water partition coefficient (Wildman–Crippen LogP) is 3.16. The topological polar surface area (TPSA) is 0 Å². The van der Waals surface area contributed by atoms with Crippen LogP contribution in [0.4, 0.5) is 0 Å². The van der Waals surface area contributed by atoms with Crippen molar-refractivity contribution in [1.82, 2.24) is 0 Å². The molecule has 0 bridgehead atoms. The monoisotopic (exact) mass is 176 g/mol. The summed E-state index contributed by atoms with van der Waals surface area (Å²) in [5.74, 6) is 0.611. The first-order chi connectivity index (χ1) is 4.33. The molecule has 0 spiro atoms. The summed E-state index contributed by atoms with van der Waals surface area (Å²) in [6, 6.07) is 8.22. The average molecular weight is 177 g/mol. The molecule has 1 rings (SSSR count). The third-order valence-electron chi connectivity index (χ3n) is 1.27. The first-order valence-electron chi connectivity index (χ1n) is 2.94. The molecule has 1 aromatic carbocycles. The van der Waals surface area contributed by atoms with E-state index >= 15 is 0 Å². The van der Waals surface area contributed by atoms with E-state index in [-0.39, 0.29) is 12.4 Å². The van der Waals surface area contributed by atoms with Gasteiger partial charge in [0.1, 0.15) is 0 Å². The van der Waals surface area contributed by atoms with Crippen LogP contribution in [0.2, 0.25) is 0 Å². The Bertz CT molecular complexity index is 179. The Morgan fingerprint density at radius 3 is 2.10 bits per heavy atom. The van der Waals surface area contributed by atoms with E-state index in [0.717, 1.165) is 0 Å². The minimum atomic E-state index is 0. The lowest BCUT2D eigenvalue weighted by atomic mass is 10.2. The molecule has 0 atom stereocenters. The zero-order valence-corrected chi connectivity index (χ0v) is 7.38. The molecule has 0 nitrogen and oxygen atoms in total. The van der Waals surface area contributed by atoms with Gasteiger partial charge in [-0.2, -0.15) is 0 Å². The van der Waals surface area contributed by atoms with Crippen molar-refractivity contribution in [1.29, 1.82) is 0 Å². The van der Waals surface area contributed by atoms with E-state index in [1.807, 2.05) is 12.1 Å². The van der Waals surface area contributed by atoms with Crippen LogP contribution in [0.5, 0.6) is 0 Å². The zero-order valence-electron chi connectivity index (χ0n) is 5.80. The van der Waals surface area contributed by atoms with Crippen molar-refractivity contribution in [3.05, 3.63) is 35.4 Å². The summed E-state index contributed by atoms with van der Waals surface area (Å²) in [6.45, 7) is 2.07. The van der Waals surface area contributed by atoms with Gasteiger partial charge in [-0.1, -0.05) is 29.8 Å². The number of halogens is 2. The maximum atomic E-state index is 5.58. The average Bonchev–Trinajstić information content (AvgIpc) is 1.90. The maximum Gasteiger partial charge on any atom is 0.0474 e. The molecule has 0 radical (unpaired) electrons. The van der Waals surface area contributed by atoms with Crippen LogP contribution >= 0.6 is 24.0 Å². The van der Waals surface area contributed by atoms with Gasteiger partial charge < -0.3 is 0 Å². The number of aryl methyl sites for hydroxylation is 1. The van der Waals surface area contributed by atoms with E-state index in [9.17, 15) is 0 Å². The summed E-state index contributed by atoms with van der Waals surface area (Å²) in [7, 11) is 0. The minimum absolute atomic E-state index is 0. The number of benzene rings is 1. The van der Waals surface area contributed by atoms with Gasteiger partial charge in [-0.15, -0.1) is 24.0 Å². The van der Waals surface area contributed by atoms with Crippen LogP contribution in [0.25, 0.3) is 0 Å². The molecule has 0 aromatic heterocycles. The van der Waals surface area contributed by atoms with Gasteiger partial charge in [-0.25, -0.2) is 0 Å². The van der Waals surface area contributed by atoms with Crippen LogP contribution in [-0.2, 0) is 5.88 Å². The third kappa shape index (κ3) is 2.59. The van der Waals surface area contributed by atoms with Crippen LogP contribution in [0.3, 0.4) is 0 Å². The summed E-state index contributed by atoms with van der Waals surface area (Å²) in [6.07, 6.45) is 0. The van der Waals surface area contributed by atoms with E-state index in [1.54, 1.807) is 0 Å². The largest absolute Gasteiger partial charge is 0.147 e. The summed E-state index contributed by atoms with van der Waals surface area (Å²) in [4.78, 5) is 0. The van der Waals surface area contributed by atoms with Crippen molar-refractivity contribution in [2.75, 3.05) is 0 Å². The molecule has 0 N–H and O–H groups in total. The molecular formula is C8H10Cl2. The highest BCUT2D eigenvalue weighted by molar-refractivity contribution is 6.17. The van der Waals surface area contributed by atoms with Gasteiger partial charge >= 0.3 is 0 Å². The van der Waals surface area contributed by atoms with Crippen molar-refractivity contribution in [2.24, 2.45) is 0 Å². The Hall–Kier alpha value is -0.200. The first-order valence-corrected chi connectivity index (χ1v) is 3.48. The third-order valence-corrected chi connectivity index (χ3v) is 1.58. The molecule has 0 aliphatic carbocycles. The van der Waals surface area contributed by atoms with Crippen LogP contribution in [-0.4, -0.2) is 0 Å². The summed E-state index contributed by atoms with van der Waals surface area (Å²) in [5.41, 5.74) is 2.46. The molecule has 0 saturated carbocycles. The quantitative estimate of drug-likeness (QED) is 0.578. The van der Waals surface area contributed by atoms with Crippen molar-refractivity contribution >= 4 is 24.0 Å². The summed E-state index contributed by atoms with van der Waals surface area (Å²) in [5, 5.41) is 0. The Morgan fingerprint density at radius 2 is 1.70 bits per heavy atom. The van der Waals surface area contributed by atoms with Gasteiger partial charge in [0.05, 0.1) is 0 Å². The van der Waals surface area contributed by atoms with Crippen LogP contribution in [0.15, 0.2) is 24.3 Å². The molecular weight excluding hydrogens is 167 g/mol. The fourth-order valence-corrected chi connectivity index (χ4v) is 0.855. The molecule has 2 heteroatoms. The number of hydrogen-bond donors (Lipinski definition) is 0. The van der Waals surface area contributed by atoms with Gasteiger partial charge in [0.2, 0.25) is 0 Å². The number of hydrogen-bond acceptors (Lipinski definition) is 0. The molecule has 0 aliphatic heterocycles. The normalized spacial score (nSPS) is 8.60. The number of rotatable bonds is 1. The fourth-order valence-electron chi connectivity index (χ4n) is 0.677. The predicted molar refractivity (Wildman–Crippen MR) is 48.0 cm³/mol. The SMILES string of the molecule is Cc1ccc(CCl)cc1.Cl. The highest BCUT2D eigenvalue weighted by Crippen LogP contribution is 2.04. The standard InChI is InChI=1S/C8H9Cl.ClH/c1-7-2-4-8(6-9)5-3-7;/h2-5H,6H2,1H3;1H. The van der Waals surface area contributed by atoms with Crippen molar-refractivity contribution in [3.63, 3.8) is 0 Å². The molecule has 0 saturated heterocycles. The lowest BCUT2D eigenvalue weighted by Crippen LogP contribution is -1.75. The second-order valence-electron chi connectivity index (χ2n) is 2.12. The van der Waals surface area contributed by atoms with E-state index in [1.165, 1.54) is 11.1 Å². The van der Waals surface area contributed by atoms with Crippen LogP contribution in [0, 0.1) is 6.92 Å². The second kappa shape index (κ2) is 4.59. The van der Waals surface area contributed by atoms with E-state index in [2.05, 4.69) is 19.1 Å². The van der Waals surface area contributed by atoms with Gasteiger partial charge in [-0.3, -0.25) is 0 Å². The number of alkyl halides is 1. The highest BCUT2D eigenvalue weighted by atomic mass is 35.5. The molecule has 0 heterocycles. The Kier molecular flexibility index (Phi) is 4.50. The second-order valence-corrected chi connectivity index (χ2v) is 2.39.